The molecule has 0 amide bonds. The second-order valence-electron chi connectivity index (χ2n) is 8.15. The molecule has 0 aromatic heterocycles. The molecule has 6 heteroatoms. The van der Waals surface area contributed by atoms with Gasteiger partial charge in [0.15, 0.2) is 5.41 Å². The minimum atomic E-state index is -1.54. The van der Waals surface area contributed by atoms with Crippen LogP contribution in [-0.2, 0) is 28.6 Å². The van der Waals surface area contributed by atoms with Gasteiger partial charge in [-0.15, -0.1) is 0 Å². The average Bonchev–Trinajstić information content (AvgIpc) is 2.57. The van der Waals surface area contributed by atoms with E-state index >= 15 is 0 Å². The second-order valence-corrected chi connectivity index (χ2v) is 8.15. The van der Waals surface area contributed by atoms with Gasteiger partial charge in [0.1, 0.15) is 5.60 Å². The van der Waals surface area contributed by atoms with Gasteiger partial charge in [0.2, 0.25) is 6.10 Å². The Morgan fingerprint density at radius 2 is 1.52 bits per heavy atom. The SMILES string of the molecule is COC(=O)C(OC(=O)[C@@](C)(CC(C)C)C(=O)OC(C)(C)C)c1ccccc1. The van der Waals surface area contributed by atoms with Gasteiger partial charge < -0.3 is 14.2 Å². The summed E-state index contributed by atoms with van der Waals surface area (Å²) in [6.07, 6.45) is -1.03. The van der Waals surface area contributed by atoms with Crippen LogP contribution in [0.3, 0.4) is 0 Å². The standard InChI is InChI=1S/C21H30O6/c1-14(2)13-21(6,19(24)27-20(3,4)5)18(23)26-16(17(22)25-7)15-11-9-8-10-12-15/h8-12,14,16H,13H2,1-7H3/t16?,21-/m1/s1. The third-order valence-corrected chi connectivity index (χ3v) is 3.86. The van der Waals surface area contributed by atoms with Gasteiger partial charge in [-0.2, -0.15) is 0 Å². The van der Waals surface area contributed by atoms with Crippen molar-refractivity contribution in [1.29, 1.82) is 0 Å². The van der Waals surface area contributed by atoms with Crippen LogP contribution in [0, 0.1) is 11.3 Å². The van der Waals surface area contributed by atoms with E-state index in [9.17, 15) is 14.4 Å². The molecular weight excluding hydrogens is 348 g/mol. The average molecular weight is 378 g/mol. The van der Waals surface area contributed by atoms with E-state index in [2.05, 4.69) is 0 Å². The highest BCUT2D eigenvalue weighted by Gasteiger charge is 2.47. The van der Waals surface area contributed by atoms with Crippen LogP contribution in [0.4, 0.5) is 0 Å². The molecule has 1 rings (SSSR count). The lowest BCUT2D eigenvalue weighted by Crippen LogP contribution is -2.44. The number of hydrogen-bond donors (Lipinski definition) is 0. The quantitative estimate of drug-likeness (QED) is 0.407. The fourth-order valence-corrected chi connectivity index (χ4v) is 2.68. The van der Waals surface area contributed by atoms with Crippen molar-refractivity contribution in [3.63, 3.8) is 0 Å². The van der Waals surface area contributed by atoms with E-state index in [4.69, 9.17) is 14.2 Å². The van der Waals surface area contributed by atoms with Gasteiger partial charge in [-0.25, -0.2) is 4.79 Å². The molecule has 0 aliphatic carbocycles. The van der Waals surface area contributed by atoms with Crippen molar-refractivity contribution in [3.8, 4) is 0 Å². The number of carbonyl (C=O) groups excluding carboxylic acids is 3. The zero-order valence-electron chi connectivity index (χ0n) is 17.2. The Bertz CT molecular complexity index is 659. The molecule has 0 fully saturated rings. The topological polar surface area (TPSA) is 78.9 Å². The van der Waals surface area contributed by atoms with Crippen LogP contribution in [-0.4, -0.2) is 30.6 Å². The summed E-state index contributed by atoms with van der Waals surface area (Å²) in [5, 5.41) is 0. The molecule has 0 heterocycles. The van der Waals surface area contributed by atoms with Gasteiger partial charge in [0, 0.05) is 5.56 Å². The van der Waals surface area contributed by atoms with Crippen LogP contribution in [0.25, 0.3) is 0 Å². The summed E-state index contributed by atoms with van der Waals surface area (Å²) in [6.45, 7) is 10.5. The van der Waals surface area contributed by atoms with E-state index in [0.717, 1.165) is 0 Å². The molecule has 1 aromatic rings. The van der Waals surface area contributed by atoms with Gasteiger partial charge >= 0.3 is 17.9 Å². The summed E-state index contributed by atoms with van der Waals surface area (Å²) in [4.78, 5) is 38.0. The Hall–Kier alpha value is -2.37. The molecule has 27 heavy (non-hydrogen) atoms. The van der Waals surface area contributed by atoms with Crippen molar-refractivity contribution in [1.82, 2.24) is 0 Å². The number of methoxy groups -OCH3 is 1. The van der Waals surface area contributed by atoms with Crippen molar-refractivity contribution in [2.75, 3.05) is 7.11 Å². The van der Waals surface area contributed by atoms with Gasteiger partial charge in [0.05, 0.1) is 7.11 Å². The maximum atomic E-state index is 13.0. The third kappa shape index (κ3) is 6.38. The first-order chi connectivity index (χ1) is 12.4. The van der Waals surface area contributed by atoms with Crippen LogP contribution in [0.15, 0.2) is 30.3 Å². The maximum Gasteiger partial charge on any atom is 0.351 e. The Kier molecular flexibility index (Phi) is 7.57. The number of benzene rings is 1. The first-order valence-electron chi connectivity index (χ1n) is 8.98. The zero-order valence-corrected chi connectivity index (χ0v) is 17.2. The summed E-state index contributed by atoms with van der Waals surface area (Å²) < 4.78 is 15.7. The van der Waals surface area contributed by atoms with Crippen molar-refractivity contribution < 1.29 is 28.6 Å². The summed E-state index contributed by atoms with van der Waals surface area (Å²) in [5.41, 5.74) is -1.83. The molecule has 0 bridgehead atoms. The van der Waals surface area contributed by atoms with Crippen LogP contribution in [0.2, 0.25) is 0 Å². The molecule has 1 unspecified atom stereocenters. The number of carbonyl (C=O) groups is 3. The van der Waals surface area contributed by atoms with E-state index in [-0.39, 0.29) is 12.3 Å². The molecule has 6 nitrogen and oxygen atoms in total. The number of rotatable bonds is 7. The molecule has 150 valence electrons. The Morgan fingerprint density at radius 3 is 1.96 bits per heavy atom. The van der Waals surface area contributed by atoms with E-state index in [1.54, 1.807) is 51.1 Å². The molecule has 0 N–H and O–H groups in total. The van der Waals surface area contributed by atoms with Crippen molar-refractivity contribution in [2.45, 2.75) is 59.7 Å². The monoisotopic (exact) mass is 378 g/mol. The van der Waals surface area contributed by atoms with Crippen molar-refractivity contribution in [2.24, 2.45) is 11.3 Å². The Labute approximate surface area is 161 Å². The van der Waals surface area contributed by atoms with Gasteiger partial charge in [-0.3, -0.25) is 9.59 Å². The molecule has 0 saturated heterocycles. The molecule has 0 radical (unpaired) electrons. The van der Waals surface area contributed by atoms with Gasteiger partial charge in [0.25, 0.3) is 0 Å². The molecular formula is C21H30O6. The first-order valence-corrected chi connectivity index (χ1v) is 8.98. The number of esters is 3. The Balaban J connectivity index is 3.19. The molecule has 0 aliphatic heterocycles. The smallest absolute Gasteiger partial charge is 0.351 e. The molecule has 1 aromatic carbocycles. The highest BCUT2D eigenvalue weighted by Crippen LogP contribution is 2.33. The predicted molar refractivity (Wildman–Crippen MR) is 101 cm³/mol. The zero-order chi connectivity index (χ0) is 20.8. The summed E-state index contributed by atoms with van der Waals surface area (Å²) >= 11 is 0. The molecule has 0 aliphatic rings. The van der Waals surface area contributed by atoms with E-state index in [1.807, 2.05) is 13.8 Å². The summed E-state index contributed by atoms with van der Waals surface area (Å²) in [5.74, 6) is -2.18. The van der Waals surface area contributed by atoms with E-state index in [1.165, 1.54) is 14.0 Å². The fourth-order valence-electron chi connectivity index (χ4n) is 2.68. The van der Waals surface area contributed by atoms with Gasteiger partial charge in [-0.1, -0.05) is 44.2 Å². The summed E-state index contributed by atoms with van der Waals surface area (Å²) in [7, 11) is 1.22. The predicted octanol–water partition coefficient (Wildman–Crippen LogP) is 3.84. The van der Waals surface area contributed by atoms with Gasteiger partial charge in [-0.05, 0) is 40.0 Å². The molecule has 0 saturated carbocycles. The van der Waals surface area contributed by atoms with E-state index < -0.39 is 35.0 Å². The third-order valence-electron chi connectivity index (χ3n) is 3.86. The molecule has 2 atom stereocenters. The normalized spacial score (nSPS) is 14.8. The van der Waals surface area contributed by atoms with Crippen LogP contribution in [0.1, 0.15) is 59.6 Å². The Morgan fingerprint density at radius 1 is 0.963 bits per heavy atom. The first kappa shape index (κ1) is 22.7. The minimum absolute atomic E-state index is 0.0309. The number of hydrogen-bond acceptors (Lipinski definition) is 6. The number of ether oxygens (including phenoxy) is 3. The summed E-state index contributed by atoms with van der Waals surface area (Å²) in [6, 6.07) is 8.54. The largest absolute Gasteiger partial charge is 0.466 e. The van der Waals surface area contributed by atoms with Crippen LogP contribution >= 0.6 is 0 Å². The highest BCUT2D eigenvalue weighted by atomic mass is 16.6. The minimum Gasteiger partial charge on any atom is -0.466 e. The lowest BCUT2D eigenvalue weighted by atomic mass is 9.81. The second kappa shape index (κ2) is 9.02. The highest BCUT2D eigenvalue weighted by molar-refractivity contribution is 6.00. The lowest BCUT2D eigenvalue weighted by Gasteiger charge is -2.31. The van der Waals surface area contributed by atoms with Crippen molar-refractivity contribution >= 4 is 17.9 Å². The molecule has 0 spiro atoms. The fraction of sp³-hybridized carbons (Fsp3) is 0.571. The van der Waals surface area contributed by atoms with Crippen LogP contribution < -0.4 is 0 Å². The maximum absolute atomic E-state index is 13.0. The van der Waals surface area contributed by atoms with Crippen LogP contribution in [0.5, 0.6) is 0 Å². The lowest BCUT2D eigenvalue weighted by molar-refractivity contribution is -0.186. The van der Waals surface area contributed by atoms with Crippen molar-refractivity contribution in [3.05, 3.63) is 35.9 Å². The van der Waals surface area contributed by atoms with E-state index in [0.29, 0.717) is 5.56 Å².